The average molecular weight is 268 g/mol. The number of aryl methyl sites for hydroxylation is 1. The molecule has 0 aliphatic rings. The number of sulfone groups is 1. The molecule has 0 aliphatic carbocycles. The summed E-state index contributed by atoms with van der Waals surface area (Å²) in [5.74, 6) is -1.05. The number of rotatable bonds is 4. The molecule has 1 aromatic carbocycles. The van der Waals surface area contributed by atoms with Crippen LogP contribution in [0.5, 0.6) is 0 Å². The van der Waals surface area contributed by atoms with Crippen molar-refractivity contribution < 1.29 is 18.3 Å². The van der Waals surface area contributed by atoms with Crippen molar-refractivity contribution in [2.24, 2.45) is 0 Å². The van der Waals surface area contributed by atoms with Gasteiger partial charge in [-0.25, -0.2) is 18.2 Å². The average Bonchev–Trinajstić information content (AvgIpc) is 2.68. The second kappa shape index (κ2) is 4.41. The standard InChI is InChI=1S/C11H12N2O4S/c1-18(16,17)6-5-13-7-12-10-8(11(14)15)3-2-4-9(10)13/h2-4,7H,5-6H2,1H3,(H,14,15). The summed E-state index contributed by atoms with van der Waals surface area (Å²) >= 11 is 0. The Bertz CT molecular complexity index is 703. The lowest BCUT2D eigenvalue weighted by molar-refractivity contribution is 0.0699. The van der Waals surface area contributed by atoms with Gasteiger partial charge in [-0.1, -0.05) is 6.07 Å². The lowest BCUT2D eigenvalue weighted by atomic mass is 10.2. The summed E-state index contributed by atoms with van der Waals surface area (Å²) in [4.78, 5) is 15.0. The maximum absolute atomic E-state index is 11.1. The Morgan fingerprint density at radius 2 is 2.17 bits per heavy atom. The summed E-state index contributed by atoms with van der Waals surface area (Å²) in [6.07, 6.45) is 2.62. The van der Waals surface area contributed by atoms with E-state index in [1.807, 2.05) is 0 Å². The molecule has 1 N–H and O–H groups in total. The Morgan fingerprint density at radius 3 is 2.78 bits per heavy atom. The SMILES string of the molecule is CS(=O)(=O)CCn1cnc2c(C(=O)O)cccc21. The van der Waals surface area contributed by atoms with Gasteiger partial charge in [-0.15, -0.1) is 0 Å². The van der Waals surface area contributed by atoms with Crippen molar-refractivity contribution in [1.29, 1.82) is 0 Å². The number of hydrogen-bond acceptors (Lipinski definition) is 4. The third-order valence-corrected chi connectivity index (χ3v) is 3.51. The Balaban J connectivity index is 2.43. The zero-order valence-corrected chi connectivity index (χ0v) is 10.5. The maximum Gasteiger partial charge on any atom is 0.337 e. The summed E-state index contributed by atoms with van der Waals surface area (Å²) in [7, 11) is -3.06. The number of aromatic nitrogens is 2. The number of carboxylic acid groups (broad SMARTS) is 1. The van der Waals surface area contributed by atoms with E-state index in [1.165, 1.54) is 12.4 Å². The molecule has 2 rings (SSSR count). The molecule has 1 aromatic heterocycles. The highest BCUT2D eigenvalue weighted by Crippen LogP contribution is 2.17. The number of hydrogen-bond donors (Lipinski definition) is 1. The van der Waals surface area contributed by atoms with Crippen LogP contribution in [-0.2, 0) is 16.4 Å². The van der Waals surface area contributed by atoms with Gasteiger partial charge in [0.05, 0.1) is 23.2 Å². The van der Waals surface area contributed by atoms with E-state index in [-0.39, 0.29) is 17.9 Å². The second-order valence-electron chi connectivity index (χ2n) is 4.05. The van der Waals surface area contributed by atoms with Crippen LogP contribution in [0.1, 0.15) is 10.4 Å². The first-order chi connectivity index (χ1) is 8.38. The van der Waals surface area contributed by atoms with Crippen LogP contribution in [0.15, 0.2) is 24.5 Å². The summed E-state index contributed by atoms with van der Waals surface area (Å²) < 4.78 is 23.9. The van der Waals surface area contributed by atoms with E-state index in [4.69, 9.17) is 5.11 Å². The second-order valence-corrected chi connectivity index (χ2v) is 6.31. The van der Waals surface area contributed by atoms with Gasteiger partial charge in [-0.2, -0.15) is 0 Å². The maximum atomic E-state index is 11.1. The first-order valence-corrected chi connectivity index (χ1v) is 7.29. The van der Waals surface area contributed by atoms with E-state index in [1.54, 1.807) is 16.7 Å². The number of aromatic carboxylic acids is 1. The van der Waals surface area contributed by atoms with Crippen molar-refractivity contribution in [2.75, 3.05) is 12.0 Å². The summed E-state index contributed by atoms with van der Waals surface area (Å²) in [6, 6.07) is 4.81. The Hall–Kier alpha value is -1.89. The molecule has 0 spiro atoms. The van der Waals surface area contributed by atoms with Crippen LogP contribution < -0.4 is 0 Å². The highest BCUT2D eigenvalue weighted by Gasteiger charge is 2.13. The van der Waals surface area contributed by atoms with Crippen LogP contribution in [0.3, 0.4) is 0 Å². The number of benzene rings is 1. The third-order valence-electron chi connectivity index (χ3n) is 2.58. The van der Waals surface area contributed by atoms with E-state index < -0.39 is 15.8 Å². The zero-order valence-electron chi connectivity index (χ0n) is 9.70. The molecule has 0 aliphatic heterocycles. The minimum atomic E-state index is -3.06. The Morgan fingerprint density at radius 1 is 1.44 bits per heavy atom. The lowest BCUT2D eigenvalue weighted by Crippen LogP contribution is -2.10. The minimum Gasteiger partial charge on any atom is -0.478 e. The monoisotopic (exact) mass is 268 g/mol. The number of para-hydroxylation sites is 1. The third kappa shape index (κ3) is 2.51. The number of fused-ring (bicyclic) bond motifs is 1. The van der Waals surface area contributed by atoms with E-state index >= 15 is 0 Å². The number of carboxylic acids is 1. The predicted molar refractivity (Wildman–Crippen MR) is 66.4 cm³/mol. The molecule has 6 nitrogen and oxygen atoms in total. The molecule has 0 saturated carbocycles. The highest BCUT2D eigenvalue weighted by molar-refractivity contribution is 7.90. The summed E-state index contributed by atoms with van der Waals surface area (Å²) in [5.41, 5.74) is 1.11. The van der Waals surface area contributed by atoms with Crippen molar-refractivity contribution in [3.63, 3.8) is 0 Å². The fraction of sp³-hybridized carbons (Fsp3) is 0.273. The van der Waals surface area contributed by atoms with Gasteiger partial charge in [0, 0.05) is 12.8 Å². The van der Waals surface area contributed by atoms with E-state index in [9.17, 15) is 13.2 Å². The molecule has 1 heterocycles. The first kappa shape index (κ1) is 12.6. The van der Waals surface area contributed by atoms with Crippen LogP contribution in [0, 0.1) is 0 Å². The van der Waals surface area contributed by atoms with Crippen LogP contribution in [-0.4, -0.2) is 41.1 Å². The predicted octanol–water partition coefficient (Wildman–Crippen LogP) is 0.779. The number of imidazole rings is 1. The number of carbonyl (C=O) groups is 1. The topological polar surface area (TPSA) is 89.3 Å². The Kier molecular flexibility index (Phi) is 3.08. The van der Waals surface area contributed by atoms with E-state index in [0.717, 1.165) is 6.26 Å². The summed E-state index contributed by atoms with van der Waals surface area (Å²) in [5, 5.41) is 9.01. The van der Waals surface area contributed by atoms with Crippen molar-refractivity contribution in [3.05, 3.63) is 30.1 Å². The molecule has 0 radical (unpaired) electrons. The molecule has 0 unspecified atom stereocenters. The molecule has 0 fully saturated rings. The van der Waals surface area contributed by atoms with Gasteiger partial charge in [0.25, 0.3) is 0 Å². The largest absolute Gasteiger partial charge is 0.478 e. The van der Waals surface area contributed by atoms with Gasteiger partial charge in [-0.05, 0) is 12.1 Å². The molecule has 7 heteroatoms. The quantitative estimate of drug-likeness (QED) is 0.885. The lowest BCUT2D eigenvalue weighted by Gasteiger charge is -2.03. The molecular weight excluding hydrogens is 256 g/mol. The summed E-state index contributed by atoms with van der Waals surface area (Å²) in [6.45, 7) is 0.262. The van der Waals surface area contributed by atoms with Crippen molar-refractivity contribution in [3.8, 4) is 0 Å². The van der Waals surface area contributed by atoms with Gasteiger partial charge in [0.15, 0.2) is 0 Å². The molecule has 2 aromatic rings. The molecule has 0 bridgehead atoms. The minimum absolute atomic E-state index is 0.00421. The van der Waals surface area contributed by atoms with Crippen LogP contribution >= 0.6 is 0 Å². The smallest absolute Gasteiger partial charge is 0.337 e. The van der Waals surface area contributed by atoms with Gasteiger partial charge in [-0.3, -0.25) is 0 Å². The van der Waals surface area contributed by atoms with Gasteiger partial charge >= 0.3 is 5.97 Å². The van der Waals surface area contributed by atoms with Crippen molar-refractivity contribution >= 4 is 26.8 Å². The fourth-order valence-electron chi connectivity index (χ4n) is 1.70. The van der Waals surface area contributed by atoms with Crippen molar-refractivity contribution in [1.82, 2.24) is 9.55 Å². The first-order valence-electron chi connectivity index (χ1n) is 5.23. The van der Waals surface area contributed by atoms with Crippen LogP contribution in [0.4, 0.5) is 0 Å². The highest BCUT2D eigenvalue weighted by atomic mass is 32.2. The number of nitrogens with zero attached hydrogens (tertiary/aromatic N) is 2. The Labute approximate surface area is 104 Å². The van der Waals surface area contributed by atoms with Gasteiger partial charge in [0.2, 0.25) is 0 Å². The van der Waals surface area contributed by atoms with Crippen LogP contribution in [0.2, 0.25) is 0 Å². The van der Waals surface area contributed by atoms with Gasteiger partial charge in [0.1, 0.15) is 15.4 Å². The van der Waals surface area contributed by atoms with Gasteiger partial charge < -0.3 is 9.67 Å². The molecular formula is C11H12N2O4S. The fourth-order valence-corrected chi connectivity index (χ4v) is 2.23. The molecule has 96 valence electrons. The normalized spacial score (nSPS) is 11.8. The molecule has 18 heavy (non-hydrogen) atoms. The van der Waals surface area contributed by atoms with Crippen molar-refractivity contribution in [2.45, 2.75) is 6.54 Å². The van der Waals surface area contributed by atoms with Crippen LogP contribution in [0.25, 0.3) is 11.0 Å². The zero-order chi connectivity index (χ0) is 13.3. The molecule has 0 atom stereocenters. The molecule has 0 amide bonds. The van der Waals surface area contributed by atoms with E-state index in [0.29, 0.717) is 11.0 Å². The molecule has 0 saturated heterocycles. The van der Waals surface area contributed by atoms with E-state index in [2.05, 4.69) is 4.98 Å².